The Balaban J connectivity index is 1.93. The second-order valence-electron chi connectivity index (χ2n) is 5.12. The molecule has 1 saturated heterocycles. The van der Waals surface area contributed by atoms with Gasteiger partial charge in [-0.2, -0.15) is 0 Å². The Labute approximate surface area is 125 Å². The van der Waals surface area contributed by atoms with E-state index in [1.807, 2.05) is 26.0 Å². The lowest BCUT2D eigenvalue weighted by Gasteiger charge is -2.23. The predicted octanol–water partition coefficient (Wildman–Crippen LogP) is 2.12. The molecule has 1 aromatic rings. The number of aryl methyl sites for hydroxylation is 1. The summed E-state index contributed by atoms with van der Waals surface area (Å²) in [5, 5.41) is 3.55. The normalized spacial score (nSPS) is 19.9. The molecule has 1 amide bonds. The number of rotatable bonds is 5. The lowest BCUT2D eigenvalue weighted by Crippen LogP contribution is -2.39. The van der Waals surface area contributed by atoms with E-state index in [0.717, 1.165) is 18.6 Å². The number of methoxy groups -OCH3 is 1. The zero-order chi connectivity index (χ0) is 14.7. The molecule has 1 heterocycles. The molecule has 1 aliphatic rings. The third-order valence-electron chi connectivity index (χ3n) is 3.62. The molecular weight excluding hydrogens is 272 g/mol. The Hall–Kier alpha value is -1.62. The molecule has 0 unspecified atom stereocenters. The number of nitrogens with one attached hydrogen (secondary N) is 1. The van der Waals surface area contributed by atoms with Crippen molar-refractivity contribution in [1.82, 2.24) is 10.2 Å². The van der Waals surface area contributed by atoms with Gasteiger partial charge in [-0.25, -0.2) is 0 Å². The highest BCUT2D eigenvalue weighted by Gasteiger charge is 2.34. The second kappa shape index (κ2) is 6.22. The lowest BCUT2D eigenvalue weighted by atomic mass is 10.1. The van der Waals surface area contributed by atoms with Gasteiger partial charge >= 0.3 is 0 Å². The Morgan fingerprint density at radius 1 is 1.40 bits per heavy atom. The quantitative estimate of drug-likeness (QED) is 0.844. The fourth-order valence-corrected chi connectivity index (χ4v) is 2.79. The first-order valence-corrected chi connectivity index (χ1v) is 7.20. The van der Waals surface area contributed by atoms with Gasteiger partial charge in [-0.05, 0) is 56.6 Å². The number of carbonyl (C=O) groups excluding carboxylic acids is 1. The van der Waals surface area contributed by atoms with Crippen molar-refractivity contribution in [3.05, 3.63) is 29.8 Å². The van der Waals surface area contributed by atoms with Gasteiger partial charge < -0.3 is 10.1 Å². The van der Waals surface area contributed by atoms with E-state index in [1.165, 1.54) is 5.56 Å². The van der Waals surface area contributed by atoms with Crippen LogP contribution in [0.25, 0.3) is 0 Å². The van der Waals surface area contributed by atoms with Crippen LogP contribution in [0, 0.1) is 0 Å². The third-order valence-corrected chi connectivity index (χ3v) is 3.93. The van der Waals surface area contributed by atoms with Crippen molar-refractivity contribution < 1.29 is 9.53 Å². The average molecular weight is 292 g/mol. The second-order valence-corrected chi connectivity index (χ2v) is 5.50. The van der Waals surface area contributed by atoms with Gasteiger partial charge in [-0.1, -0.05) is 12.1 Å². The van der Waals surface area contributed by atoms with Gasteiger partial charge in [-0.3, -0.25) is 9.69 Å². The zero-order valence-electron chi connectivity index (χ0n) is 12.1. The number of ether oxygens (including phenoxy) is 1. The molecule has 2 rings (SSSR count). The minimum absolute atomic E-state index is 0.0669. The predicted molar refractivity (Wildman–Crippen MR) is 82.8 cm³/mol. The van der Waals surface area contributed by atoms with Crippen molar-refractivity contribution in [2.24, 2.45) is 0 Å². The molecule has 1 aliphatic heterocycles. The van der Waals surface area contributed by atoms with Gasteiger partial charge in [0.1, 0.15) is 11.8 Å². The van der Waals surface area contributed by atoms with Crippen LogP contribution >= 0.6 is 12.2 Å². The van der Waals surface area contributed by atoms with Crippen LogP contribution in [0.4, 0.5) is 0 Å². The van der Waals surface area contributed by atoms with E-state index in [-0.39, 0.29) is 18.0 Å². The highest BCUT2D eigenvalue weighted by molar-refractivity contribution is 7.80. The summed E-state index contributed by atoms with van der Waals surface area (Å²) in [6.07, 6.45) is 1.79. The van der Waals surface area contributed by atoms with Crippen molar-refractivity contribution in [2.45, 2.75) is 38.8 Å². The summed E-state index contributed by atoms with van der Waals surface area (Å²) < 4.78 is 5.14. The van der Waals surface area contributed by atoms with Gasteiger partial charge in [0, 0.05) is 6.04 Å². The van der Waals surface area contributed by atoms with Crippen molar-refractivity contribution in [2.75, 3.05) is 7.11 Å². The van der Waals surface area contributed by atoms with Crippen molar-refractivity contribution >= 4 is 23.2 Å². The van der Waals surface area contributed by atoms with Crippen LogP contribution in [-0.2, 0) is 11.2 Å². The van der Waals surface area contributed by atoms with E-state index in [1.54, 1.807) is 12.0 Å². The molecule has 0 spiro atoms. The molecule has 1 fully saturated rings. The Morgan fingerprint density at radius 2 is 2.05 bits per heavy atom. The van der Waals surface area contributed by atoms with E-state index < -0.39 is 0 Å². The number of thiocarbonyl (C=S) groups is 1. The minimum atomic E-state index is -0.203. The lowest BCUT2D eigenvalue weighted by molar-refractivity contribution is -0.128. The SMILES string of the molecule is COc1ccc(CC[C@H](C)N2C(=O)[C@H](C)NC2=S)cc1. The van der Waals surface area contributed by atoms with Crippen LogP contribution in [0.5, 0.6) is 5.75 Å². The summed E-state index contributed by atoms with van der Waals surface area (Å²) in [6.45, 7) is 3.87. The van der Waals surface area contributed by atoms with Crippen LogP contribution in [0.1, 0.15) is 25.8 Å². The van der Waals surface area contributed by atoms with E-state index in [2.05, 4.69) is 17.4 Å². The summed E-state index contributed by atoms with van der Waals surface area (Å²) >= 11 is 5.21. The van der Waals surface area contributed by atoms with Crippen molar-refractivity contribution in [3.8, 4) is 5.75 Å². The first-order chi connectivity index (χ1) is 9.52. The van der Waals surface area contributed by atoms with Crippen LogP contribution in [0.15, 0.2) is 24.3 Å². The van der Waals surface area contributed by atoms with Gasteiger partial charge in [0.15, 0.2) is 5.11 Å². The molecular formula is C15H20N2O2S. The summed E-state index contributed by atoms with van der Waals surface area (Å²) in [5.74, 6) is 0.924. The van der Waals surface area contributed by atoms with Gasteiger partial charge in [0.05, 0.1) is 7.11 Å². The van der Waals surface area contributed by atoms with E-state index >= 15 is 0 Å². The Kier molecular flexibility index (Phi) is 4.60. The van der Waals surface area contributed by atoms with Gasteiger partial charge in [0.2, 0.25) is 0 Å². The third kappa shape index (κ3) is 3.10. The molecule has 108 valence electrons. The number of benzene rings is 1. The average Bonchev–Trinajstić information content (AvgIpc) is 2.70. The van der Waals surface area contributed by atoms with Crippen molar-refractivity contribution in [1.29, 1.82) is 0 Å². The summed E-state index contributed by atoms with van der Waals surface area (Å²) in [5.41, 5.74) is 1.23. The molecule has 20 heavy (non-hydrogen) atoms. The van der Waals surface area contributed by atoms with Gasteiger partial charge in [0.25, 0.3) is 5.91 Å². The summed E-state index contributed by atoms with van der Waals surface area (Å²) in [6, 6.07) is 7.91. The van der Waals surface area contributed by atoms with Gasteiger partial charge in [-0.15, -0.1) is 0 Å². The molecule has 0 aromatic heterocycles. The number of hydrogen-bond acceptors (Lipinski definition) is 3. The van der Waals surface area contributed by atoms with Crippen LogP contribution in [-0.4, -0.2) is 35.1 Å². The highest BCUT2D eigenvalue weighted by Crippen LogP contribution is 2.17. The molecule has 5 heteroatoms. The van der Waals surface area contributed by atoms with Crippen LogP contribution in [0.2, 0.25) is 0 Å². The highest BCUT2D eigenvalue weighted by atomic mass is 32.1. The molecule has 0 saturated carbocycles. The number of amides is 1. The first-order valence-electron chi connectivity index (χ1n) is 6.79. The first kappa shape index (κ1) is 14.8. The van der Waals surface area contributed by atoms with E-state index in [9.17, 15) is 4.79 Å². The summed E-state index contributed by atoms with van der Waals surface area (Å²) in [4.78, 5) is 13.7. The number of nitrogens with zero attached hydrogens (tertiary/aromatic N) is 1. The number of hydrogen-bond donors (Lipinski definition) is 1. The largest absolute Gasteiger partial charge is 0.497 e. The van der Waals surface area contributed by atoms with Crippen molar-refractivity contribution in [3.63, 3.8) is 0 Å². The molecule has 0 aliphatic carbocycles. The maximum Gasteiger partial charge on any atom is 0.251 e. The maximum absolute atomic E-state index is 12.0. The monoisotopic (exact) mass is 292 g/mol. The molecule has 2 atom stereocenters. The molecule has 1 N–H and O–H groups in total. The summed E-state index contributed by atoms with van der Waals surface area (Å²) in [7, 11) is 1.66. The van der Waals surface area contributed by atoms with E-state index in [4.69, 9.17) is 17.0 Å². The Bertz CT molecular complexity index is 501. The number of carbonyl (C=O) groups is 1. The standard InChI is InChI=1S/C15H20N2O2S/c1-10(17-14(18)11(2)16-15(17)20)4-5-12-6-8-13(19-3)9-7-12/h6-11H,4-5H2,1-3H3,(H,16,20)/t10-,11-/m0/s1. The fraction of sp³-hybridized carbons (Fsp3) is 0.467. The zero-order valence-corrected chi connectivity index (χ0v) is 12.9. The molecule has 4 nitrogen and oxygen atoms in total. The molecule has 1 aromatic carbocycles. The van der Waals surface area contributed by atoms with E-state index in [0.29, 0.717) is 5.11 Å². The topological polar surface area (TPSA) is 41.6 Å². The Morgan fingerprint density at radius 3 is 2.55 bits per heavy atom. The maximum atomic E-state index is 12.0. The van der Waals surface area contributed by atoms with Crippen LogP contribution < -0.4 is 10.1 Å². The minimum Gasteiger partial charge on any atom is -0.497 e. The molecule has 0 radical (unpaired) electrons. The molecule has 0 bridgehead atoms. The smallest absolute Gasteiger partial charge is 0.251 e. The van der Waals surface area contributed by atoms with Crippen LogP contribution in [0.3, 0.4) is 0 Å². The fourth-order valence-electron chi connectivity index (χ4n) is 2.34.